The van der Waals surface area contributed by atoms with Crippen molar-refractivity contribution in [1.82, 2.24) is 4.98 Å². The number of fused-ring (bicyclic) bond motifs is 2. The number of carbonyl (C=O) groups excluding carboxylic acids is 1. The topological polar surface area (TPSA) is 77.2 Å². The second kappa shape index (κ2) is 7.11. The van der Waals surface area contributed by atoms with E-state index in [1.807, 2.05) is 24.3 Å². The number of pyridine rings is 1. The molecule has 7 heteroatoms. The van der Waals surface area contributed by atoms with Gasteiger partial charge in [-0.3, -0.25) is 9.78 Å². The molecule has 0 spiro atoms. The first-order valence-electron chi connectivity index (χ1n) is 7.94. The zero-order valence-corrected chi connectivity index (χ0v) is 15.3. The van der Waals surface area contributed by atoms with Crippen LogP contribution in [0.4, 0.5) is 5.69 Å². The number of rotatable bonds is 2. The predicted molar refractivity (Wildman–Crippen MR) is 105 cm³/mol. The third kappa shape index (κ3) is 3.09. The molecule has 0 saturated carbocycles. The van der Waals surface area contributed by atoms with E-state index in [9.17, 15) is 4.79 Å². The van der Waals surface area contributed by atoms with E-state index >= 15 is 0 Å². The summed E-state index contributed by atoms with van der Waals surface area (Å²) in [5.74, 6) is 0.279. The maximum atomic E-state index is 13.0. The van der Waals surface area contributed by atoms with Crippen molar-refractivity contribution in [3.05, 3.63) is 65.4 Å². The van der Waals surface area contributed by atoms with Gasteiger partial charge < -0.3 is 15.8 Å². The van der Waals surface area contributed by atoms with Crippen molar-refractivity contribution >= 4 is 46.4 Å². The number of anilines is 1. The lowest BCUT2D eigenvalue weighted by atomic mass is 9.84. The number of ether oxygens (including phenoxy) is 1. The molecule has 0 unspecified atom stereocenters. The largest absolute Gasteiger partial charge is 0.493 e. The van der Waals surface area contributed by atoms with Crippen LogP contribution < -0.4 is 15.8 Å². The van der Waals surface area contributed by atoms with Crippen molar-refractivity contribution in [1.29, 1.82) is 0 Å². The van der Waals surface area contributed by atoms with Crippen molar-refractivity contribution in [2.75, 3.05) is 11.9 Å². The number of amides is 1. The summed E-state index contributed by atoms with van der Waals surface area (Å²) in [7, 11) is 0. The summed E-state index contributed by atoms with van der Waals surface area (Å²) in [4.78, 5) is 17.2. The number of hydrogen-bond acceptors (Lipinski definition) is 4. The molecule has 1 aromatic heterocycles. The van der Waals surface area contributed by atoms with Gasteiger partial charge in [0, 0.05) is 34.0 Å². The Labute approximate surface area is 161 Å². The lowest BCUT2D eigenvalue weighted by molar-refractivity contribution is -0.122. The summed E-state index contributed by atoms with van der Waals surface area (Å²) in [5.41, 5.74) is 6.51. The molecule has 0 radical (unpaired) electrons. The molecule has 26 heavy (non-hydrogen) atoms. The molecular weight excluding hydrogens is 373 g/mol. The number of hydrogen-bond donors (Lipinski definition) is 2. The van der Waals surface area contributed by atoms with Crippen molar-refractivity contribution in [2.45, 2.75) is 12.0 Å². The maximum absolute atomic E-state index is 13.0. The molecule has 0 fully saturated rings. The lowest BCUT2D eigenvalue weighted by Crippen LogP contribution is -2.51. The summed E-state index contributed by atoms with van der Waals surface area (Å²) in [6.07, 6.45) is 3.75. The van der Waals surface area contributed by atoms with Crippen LogP contribution in [0.1, 0.15) is 12.0 Å². The van der Waals surface area contributed by atoms with Gasteiger partial charge in [-0.2, -0.15) is 0 Å². The van der Waals surface area contributed by atoms with Crippen LogP contribution in [-0.2, 0) is 10.3 Å². The van der Waals surface area contributed by atoms with E-state index in [1.54, 1.807) is 30.6 Å². The fourth-order valence-electron chi connectivity index (χ4n) is 3.12. The third-order valence-electron chi connectivity index (χ3n) is 4.50. The van der Waals surface area contributed by atoms with Crippen molar-refractivity contribution in [2.24, 2.45) is 5.73 Å². The Bertz CT molecular complexity index is 975. The molecule has 3 aromatic rings. The van der Waals surface area contributed by atoms with Gasteiger partial charge in [-0.15, -0.1) is 12.4 Å². The van der Waals surface area contributed by atoms with Crippen LogP contribution in [0, 0.1) is 0 Å². The summed E-state index contributed by atoms with van der Waals surface area (Å²) >= 11 is 6.09. The van der Waals surface area contributed by atoms with E-state index in [0.717, 1.165) is 10.8 Å². The molecule has 134 valence electrons. The molecule has 1 aliphatic heterocycles. The highest BCUT2D eigenvalue weighted by atomic mass is 35.5. The van der Waals surface area contributed by atoms with Gasteiger partial charge in [0.2, 0.25) is 5.91 Å². The number of nitrogens with zero attached hydrogens (tertiary/aromatic N) is 1. The van der Waals surface area contributed by atoms with Crippen molar-refractivity contribution < 1.29 is 9.53 Å². The van der Waals surface area contributed by atoms with Gasteiger partial charge in [-0.1, -0.05) is 35.9 Å². The first kappa shape index (κ1) is 18.5. The number of nitrogens with one attached hydrogen (secondary N) is 1. The number of halogens is 2. The zero-order chi connectivity index (χ0) is 17.4. The monoisotopic (exact) mass is 389 g/mol. The van der Waals surface area contributed by atoms with Crippen LogP contribution in [0.15, 0.2) is 54.9 Å². The summed E-state index contributed by atoms with van der Waals surface area (Å²) < 4.78 is 5.61. The zero-order valence-electron chi connectivity index (χ0n) is 13.7. The fourth-order valence-corrected chi connectivity index (χ4v) is 3.29. The van der Waals surface area contributed by atoms with Gasteiger partial charge in [-0.05, 0) is 18.2 Å². The van der Waals surface area contributed by atoms with Crippen LogP contribution in [0.25, 0.3) is 10.8 Å². The smallest absolute Gasteiger partial charge is 0.249 e. The van der Waals surface area contributed by atoms with E-state index in [1.165, 1.54) is 0 Å². The maximum Gasteiger partial charge on any atom is 0.249 e. The molecular formula is C19H17Cl2N3O2. The van der Waals surface area contributed by atoms with Gasteiger partial charge in [0.1, 0.15) is 11.3 Å². The number of nitrogens with two attached hydrogens (primary N) is 1. The second-order valence-electron chi connectivity index (χ2n) is 6.07. The molecule has 3 N–H and O–H groups in total. The van der Waals surface area contributed by atoms with E-state index < -0.39 is 5.54 Å². The Morgan fingerprint density at radius 1 is 1.23 bits per heavy atom. The highest BCUT2D eigenvalue weighted by Crippen LogP contribution is 2.38. The Balaban J connectivity index is 0.00000196. The molecule has 1 amide bonds. The highest BCUT2D eigenvalue weighted by Gasteiger charge is 2.41. The van der Waals surface area contributed by atoms with Gasteiger partial charge in [0.05, 0.1) is 18.5 Å². The van der Waals surface area contributed by atoms with E-state index in [2.05, 4.69) is 10.3 Å². The number of aromatic nitrogens is 1. The molecule has 4 rings (SSSR count). The average Bonchev–Trinajstić information content (AvgIpc) is 2.63. The van der Waals surface area contributed by atoms with Crippen molar-refractivity contribution in [3.63, 3.8) is 0 Å². The van der Waals surface area contributed by atoms with Crippen LogP contribution in [0.3, 0.4) is 0 Å². The van der Waals surface area contributed by atoms with Crippen molar-refractivity contribution in [3.8, 4) is 5.75 Å². The molecule has 0 aliphatic carbocycles. The minimum Gasteiger partial charge on any atom is -0.493 e. The Morgan fingerprint density at radius 3 is 2.88 bits per heavy atom. The molecule has 1 aliphatic rings. The molecule has 5 nitrogen and oxygen atoms in total. The predicted octanol–water partition coefficient (Wildman–Crippen LogP) is 3.89. The standard InChI is InChI=1S/C19H16ClN3O2.ClH/c20-13-5-6-17-15(9-13)19(21,7-8-25-17)18(24)23-16-11-22-10-12-3-1-2-4-14(12)16;/h1-6,9-11H,7-8,21H2,(H,23,24);1H/t19-;/m1./s1. The Kier molecular flexibility index (Phi) is 5.05. The summed E-state index contributed by atoms with van der Waals surface area (Å²) in [6, 6.07) is 12.9. The number of benzene rings is 2. The van der Waals surface area contributed by atoms with Gasteiger partial charge in [0.15, 0.2) is 0 Å². The first-order chi connectivity index (χ1) is 12.1. The normalized spacial score (nSPS) is 18.4. The first-order valence-corrected chi connectivity index (χ1v) is 8.32. The van der Waals surface area contributed by atoms with Gasteiger partial charge in [-0.25, -0.2) is 0 Å². The molecule has 1 atom stereocenters. The number of carbonyl (C=O) groups is 1. The minimum atomic E-state index is -1.21. The average molecular weight is 390 g/mol. The fraction of sp³-hybridized carbons (Fsp3) is 0.158. The third-order valence-corrected chi connectivity index (χ3v) is 4.73. The molecule has 0 saturated heterocycles. The van der Waals surface area contributed by atoms with Gasteiger partial charge >= 0.3 is 0 Å². The van der Waals surface area contributed by atoms with Crippen LogP contribution in [-0.4, -0.2) is 17.5 Å². The van der Waals surface area contributed by atoms with Crippen LogP contribution in [0.2, 0.25) is 5.02 Å². The highest BCUT2D eigenvalue weighted by molar-refractivity contribution is 6.30. The minimum absolute atomic E-state index is 0. The summed E-state index contributed by atoms with van der Waals surface area (Å²) in [5, 5.41) is 5.30. The molecule has 2 aromatic carbocycles. The Hall–Kier alpha value is -2.34. The van der Waals surface area contributed by atoms with E-state index in [4.69, 9.17) is 22.1 Å². The quantitative estimate of drug-likeness (QED) is 0.696. The SMILES string of the molecule is Cl.N[C@]1(C(=O)Nc2cncc3ccccc23)CCOc2ccc(Cl)cc21. The summed E-state index contributed by atoms with van der Waals surface area (Å²) in [6.45, 7) is 0.367. The van der Waals surface area contributed by atoms with E-state index in [0.29, 0.717) is 35.1 Å². The second-order valence-corrected chi connectivity index (χ2v) is 6.51. The van der Waals surface area contributed by atoms with E-state index in [-0.39, 0.29) is 18.3 Å². The Morgan fingerprint density at radius 2 is 2.04 bits per heavy atom. The lowest BCUT2D eigenvalue weighted by Gasteiger charge is -2.34. The van der Waals surface area contributed by atoms with Crippen LogP contribution >= 0.6 is 24.0 Å². The van der Waals surface area contributed by atoms with Crippen LogP contribution in [0.5, 0.6) is 5.75 Å². The van der Waals surface area contributed by atoms with Gasteiger partial charge in [0.25, 0.3) is 0 Å². The molecule has 0 bridgehead atoms. The molecule has 2 heterocycles.